The lowest BCUT2D eigenvalue weighted by molar-refractivity contribution is -0.149. The molecule has 1 saturated heterocycles. The van der Waals surface area contributed by atoms with E-state index in [-0.39, 0.29) is 16.8 Å². The van der Waals surface area contributed by atoms with Crippen LogP contribution in [0, 0.1) is 5.92 Å². The number of hydrogen-bond donors (Lipinski definition) is 1. The first-order chi connectivity index (χ1) is 14.3. The van der Waals surface area contributed by atoms with Gasteiger partial charge in [0.05, 0.1) is 18.3 Å². The van der Waals surface area contributed by atoms with Crippen LogP contribution < -0.4 is 4.90 Å². The Kier molecular flexibility index (Phi) is 5.93. The van der Waals surface area contributed by atoms with Gasteiger partial charge in [0, 0.05) is 9.90 Å². The number of carboxylic acid groups (broad SMARTS) is 1. The van der Waals surface area contributed by atoms with Crippen LogP contribution in [0.5, 0.6) is 0 Å². The zero-order valence-electron chi connectivity index (χ0n) is 17.2. The maximum absolute atomic E-state index is 13.5. The van der Waals surface area contributed by atoms with Gasteiger partial charge < -0.3 is 14.7 Å². The molecule has 7 heteroatoms. The lowest BCUT2D eigenvalue weighted by Gasteiger charge is -2.46. The van der Waals surface area contributed by atoms with Gasteiger partial charge in [-0.25, -0.2) is 4.79 Å². The van der Waals surface area contributed by atoms with E-state index in [1.54, 1.807) is 30.9 Å². The monoisotopic (exact) mass is 447 g/mol. The second-order valence-corrected chi connectivity index (χ2v) is 10.1. The fraction of sp³-hybridized carbons (Fsp3) is 0.478. The van der Waals surface area contributed by atoms with Crippen molar-refractivity contribution in [1.29, 1.82) is 0 Å². The van der Waals surface area contributed by atoms with Crippen LogP contribution in [0.4, 0.5) is 5.69 Å². The Labute approximate surface area is 185 Å². The van der Waals surface area contributed by atoms with E-state index in [1.165, 1.54) is 17.8 Å². The molecular weight excluding hydrogens is 422 g/mol. The molecule has 2 heterocycles. The lowest BCUT2D eigenvalue weighted by Crippen LogP contribution is -2.61. The summed E-state index contributed by atoms with van der Waals surface area (Å²) in [5.74, 6) is -0.874. The molecule has 0 spiro atoms. The van der Waals surface area contributed by atoms with Crippen molar-refractivity contribution in [3.05, 3.63) is 40.2 Å². The normalized spacial score (nSPS) is 22.3. The van der Waals surface area contributed by atoms with E-state index < -0.39 is 11.6 Å². The van der Waals surface area contributed by atoms with E-state index in [0.717, 1.165) is 36.1 Å². The number of carbonyl (C=O) groups excluding carboxylic acids is 1. The van der Waals surface area contributed by atoms with Gasteiger partial charge in [0.2, 0.25) is 0 Å². The van der Waals surface area contributed by atoms with E-state index in [9.17, 15) is 14.7 Å². The molecule has 1 N–H and O–H groups in total. The summed E-state index contributed by atoms with van der Waals surface area (Å²) in [6.07, 6.45) is 5.56. The number of amides is 1. The molecule has 5 nitrogen and oxygen atoms in total. The fourth-order valence-electron chi connectivity index (χ4n) is 4.49. The van der Waals surface area contributed by atoms with Gasteiger partial charge in [-0.2, -0.15) is 0 Å². The van der Waals surface area contributed by atoms with Crippen LogP contribution in [0.25, 0.3) is 10.4 Å². The van der Waals surface area contributed by atoms with Crippen LogP contribution in [-0.4, -0.2) is 35.2 Å². The number of morpholine rings is 1. The topological polar surface area (TPSA) is 66.8 Å². The van der Waals surface area contributed by atoms with Crippen molar-refractivity contribution in [1.82, 2.24) is 0 Å². The second kappa shape index (κ2) is 8.33. The van der Waals surface area contributed by atoms with Crippen molar-refractivity contribution < 1.29 is 19.4 Å². The number of thiophene rings is 1. The zero-order valence-corrected chi connectivity index (χ0v) is 18.8. The van der Waals surface area contributed by atoms with Crippen LogP contribution in [0.15, 0.2) is 30.3 Å². The van der Waals surface area contributed by atoms with Crippen LogP contribution in [0.2, 0.25) is 5.02 Å². The van der Waals surface area contributed by atoms with Crippen molar-refractivity contribution in [2.24, 2.45) is 5.92 Å². The van der Waals surface area contributed by atoms with Gasteiger partial charge in [0.1, 0.15) is 10.5 Å². The Balaban J connectivity index is 1.80. The Morgan fingerprint density at radius 3 is 2.50 bits per heavy atom. The molecule has 160 valence electrons. The van der Waals surface area contributed by atoms with Gasteiger partial charge in [-0.15, -0.1) is 11.3 Å². The third-order valence-electron chi connectivity index (χ3n) is 6.17. The lowest BCUT2D eigenvalue weighted by atomic mass is 9.82. The Hall–Kier alpha value is -1.89. The van der Waals surface area contributed by atoms with Crippen molar-refractivity contribution in [3.8, 4) is 10.4 Å². The van der Waals surface area contributed by atoms with Crippen molar-refractivity contribution in [2.45, 2.75) is 57.6 Å². The van der Waals surface area contributed by atoms with Crippen LogP contribution in [0.3, 0.4) is 0 Å². The van der Waals surface area contributed by atoms with Crippen molar-refractivity contribution >= 4 is 40.5 Å². The minimum Gasteiger partial charge on any atom is -0.477 e. The number of nitrogens with zero attached hydrogens (tertiary/aromatic N) is 1. The SMILES string of the molecule is CC1(C)OC[C@@H](C2CCCCC2)N(c2cc(-c3ccc(Cl)cc3)sc2C(=O)O)C1=O. The zero-order chi connectivity index (χ0) is 21.5. The summed E-state index contributed by atoms with van der Waals surface area (Å²) in [4.78, 5) is 28.3. The maximum Gasteiger partial charge on any atom is 0.348 e. The second-order valence-electron chi connectivity index (χ2n) is 8.60. The van der Waals surface area contributed by atoms with E-state index in [2.05, 4.69) is 0 Å². The van der Waals surface area contributed by atoms with Crippen LogP contribution in [-0.2, 0) is 9.53 Å². The summed E-state index contributed by atoms with van der Waals surface area (Å²) in [5, 5.41) is 10.6. The Bertz CT molecular complexity index is 947. The number of anilines is 1. The summed E-state index contributed by atoms with van der Waals surface area (Å²) in [6, 6.07) is 9.00. The van der Waals surface area contributed by atoms with Gasteiger partial charge in [-0.1, -0.05) is 43.0 Å². The third-order valence-corrected chi connectivity index (χ3v) is 7.58. The highest BCUT2D eigenvalue weighted by atomic mass is 35.5. The highest BCUT2D eigenvalue weighted by Gasteiger charge is 2.46. The number of rotatable bonds is 4. The molecule has 2 aromatic rings. The number of benzene rings is 1. The van der Waals surface area contributed by atoms with E-state index >= 15 is 0 Å². The molecule has 0 bridgehead atoms. The number of hydrogen-bond acceptors (Lipinski definition) is 4. The molecule has 1 aromatic carbocycles. The molecule has 0 unspecified atom stereocenters. The first-order valence-corrected chi connectivity index (χ1v) is 11.6. The molecule has 1 amide bonds. The van der Waals surface area contributed by atoms with E-state index in [4.69, 9.17) is 16.3 Å². The minimum absolute atomic E-state index is 0.142. The quantitative estimate of drug-likeness (QED) is 0.637. The minimum atomic E-state index is -1.02. The van der Waals surface area contributed by atoms with Crippen LogP contribution >= 0.6 is 22.9 Å². The maximum atomic E-state index is 13.5. The molecule has 1 aliphatic heterocycles. The summed E-state index contributed by atoms with van der Waals surface area (Å²) >= 11 is 7.20. The first-order valence-electron chi connectivity index (χ1n) is 10.4. The molecular formula is C23H26ClNO4S. The molecule has 4 rings (SSSR count). The smallest absolute Gasteiger partial charge is 0.348 e. The standard InChI is InChI=1S/C23H26ClNO4S/c1-23(2)22(28)25(18(13-29-23)14-6-4-3-5-7-14)17-12-19(30-20(17)21(26)27)15-8-10-16(24)11-9-15/h8-12,14,18H,3-7,13H2,1-2H3,(H,26,27)/t18-/m0/s1. The average molecular weight is 448 g/mol. The Morgan fingerprint density at radius 2 is 1.87 bits per heavy atom. The molecule has 1 saturated carbocycles. The molecule has 1 atom stereocenters. The third kappa shape index (κ3) is 4.01. The number of halogens is 1. The molecule has 2 fully saturated rings. The number of carboxylic acids is 1. The van der Waals surface area contributed by atoms with Crippen molar-refractivity contribution in [3.63, 3.8) is 0 Å². The van der Waals surface area contributed by atoms with Gasteiger partial charge in [0.25, 0.3) is 5.91 Å². The summed E-state index contributed by atoms with van der Waals surface area (Å²) < 4.78 is 5.95. The number of ether oxygens (including phenoxy) is 1. The molecule has 1 aliphatic carbocycles. The van der Waals surface area contributed by atoms with Gasteiger partial charge in [-0.05, 0) is 56.4 Å². The number of aromatic carboxylic acids is 1. The van der Waals surface area contributed by atoms with Gasteiger partial charge in [-0.3, -0.25) is 4.79 Å². The summed E-state index contributed by atoms with van der Waals surface area (Å²) in [7, 11) is 0. The average Bonchev–Trinajstić information content (AvgIpc) is 3.16. The van der Waals surface area contributed by atoms with Crippen LogP contribution in [0.1, 0.15) is 55.6 Å². The largest absolute Gasteiger partial charge is 0.477 e. The molecule has 2 aliphatic rings. The predicted octanol–water partition coefficient (Wildman–Crippen LogP) is 5.86. The number of carbonyl (C=O) groups is 2. The van der Waals surface area contributed by atoms with Gasteiger partial charge >= 0.3 is 5.97 Å². The fourth-order valence-corrected chi connectivity index (χ4v) is 5.61. The molecule has 0 radical (unpaired) electrons. The van der Waals surface area contributed by atoms with Gasteiger partial charge in [0.15, 0.2) is 0 Å². The van der Waals surface area contributed by atoms with E-state index in [1.807, 2.05) is 18.2 Å². The summed E-state index contributed by atoms with van der Waals surface area (Å²) in [6.45, 7) is 3.94. The molecule has 1 aromatic heterocycles. The highest BCUT2D eigenvalue weighted by molar-refractivity contribution is 7.18. The summed E-state index contributed by atoms with van der Waals surface area (Å²) in [5.41, 5.74) is 0.380. The van der Waals surface area contributed by atoms with E-state index in [0.29, 0.717) is 23.2 Å². The Morgan fingerprint density at radius 1 is 1.20 bits per heavy atom. The van der Waals surface area contributed by atoms with Crippen molar-refractivity contribution in [2.75, 3.05) is 11.5 Å². The highest BCUT2D eigenvalue weighted by Crippen LogP contribution is 2.43. The first kappa shape index (κ1) is 21.3. The molecule has 30 heavy (non-hydrogen) atoms. The predicted molar refractivity (Wildman–Crippen MR) is 120 cm³/mol.